The summed E-state index contributed by atoms with van der Waals surface area (Å²) in [5, 5.41) is 6.40. The quantitative estimate of drug-likeness (QED) is 0.871. The molecule has 0 aromatic carbocycles. The predicted octanol–water partition coefficient (Wildman–Crippen LogP) is 2.84. The fourth-order valence-corrected chi connectivity index (χ4v) is 2.92. The zero-order valence-corrected chi connectivity index (χ0v) is 12.7. The van der Waals surface area contributed by atoms with E-state index >= 15 is 0 Å². The van der Waals surface area contributed by atoms with Crippen LogP contribution in [0, 0.1) is 5.41 Å². The Morgan fingerprint density at radius 3 is 2.95 bits per heavy atom. The van der Waals surface area contributed by atoms with Crippen molar-refractivity contribution in [3.63, 3.8) is 0 Å². The highest BCUT2D eigenvalue weighted by molar-refractivity contribution is 5.81. The average molecular weight is 278 g/mol. The summed E-state index contributed by atoms with van der Waals surface area (Å²) < 4.78 is 5.21. The molecule has 4 nitrogen and oxygen atoms in total. The zero-order chi connectivity index (χ0) is 14.6. The van der Waals surface area contributed by atoms with Crippen molar-refractivity contribution in [3.8, 4) is 0 Å². The van der Waals surface area contributed by atoms with Gasteiger partial charge in [-0.3, -0.25) is 4.79 Å². The lowest BCUT2D eigenvalue weighted by atomic mass is 9.73. The Hall–Kier alpha value is -1.29. The van der Waals surface area contributed by atoms with E-state index in [0.717, 1.165) is 12.2 Å². The van der Waals surface area contributed by atoms with Crippen LogP contribution in [0.1, 0.15) is 52.2 Å². The second-order valence-corrected chi connectivity index (χ2v) is 6.47. The Kier molecular flexibility index (Phi) is 4.86. The predicted molar refractivity (Wildman–Crippen MR) is 79.2 cm³/mol. The number of nitrogens with one attached hydrogen (secondary N) is 2. The molecule has 0 spiro atoms. The lowest BCUT2D eigenvalue weighted by Crippen LogP contribution is -2.52. The normalized spacial score (nSPS) is 23.2. The Morgan fingerprint density at radius 2 is 2.30 bits per heavy atom. The second kappa shape index (κ2) is 6.44. The molecule has 1 saturated carbocycles. The summed E-state index contributed by atoms with van der Waals surface area (Å²) in [5.41, 5.74) is 0.272. The molecule has 1 aliphatic carbocycles. The van der Waals surface area contributed by atoms with E-state index in [2.05, 4.69) is 24.5 Å². The van der Waals surface area contributed by atoms with Gasteiger partial charge in [0.2, 0.25) is 5.91 Å². The van der Waals surface area contributed by atoms with E-state index in [1.54, 1.807) is 6.26 Å². The molecule has 1 fully saturated rings. The van der Waals surface area contributed by atoms with Crippen molar-refractivity contribution in [2.24, 2.45) is 5.41 Å². The maximum absolute atomic E-state index is 12.1. The molecular formula is C16H26N2O2. The Bertz CT molecular complexity index is 426. The first-order chi connectivity index (χ1) is 9.49. The van der Waals surface area contributed by atoms with Gasteiger partial charge in [0.25, 0.3) is 0 Å². The van der Waals surface area contributed by atoms with Crippen LogP contribution in [0.2, 0.25) is 0 Å². The topological polar surface area (TPSA) is 54.3 Å². The molecule has 4 heteroatoms. The van der Waals surface area contributed by atoms with E-state index in [4.69, 9.17) is 4.42 Å². The third-order valence-electron chi connectivity index (χ3n) is 4.37. The van der Waals surface area contributed by atoms with Crippen LogP contribution in [0.25, 0.3) is 0 Å². The van der Waals surface area contributed by atoms with Gasteiger partial charge in [-0.15, -0.1) is 0 Å². The van der Waals surface area contributed by atoms with Crippen molar-refractivity contribution < 1.29 is 9.21 Å². The lowest BCUT2D eigenvalue weighted by molar-refractivity contribution is -0.123. The Balaban J connectivity index is 1.81. The molecule has 20 heavy (non-hydrogen) atoms. The highest BCUT2D eigenvalue weighted by Gasteiger charge is 2.33. The first-order valence-electron chi connectivity index (χ1n) is 7.55. The number of hydrogen-bond donors (Lipinski definition) is 2. The molecule has 1 aromatic heterocycles. The molecule has 1 aromatic rings. The van der Waals surface area contributed by atoms with Gasteiger partial charge in [0, 0.05) is 6.04 Å². The molecule has 0 saturated heterocycles. The van der Waals surface area contributed by atoms with Crippen LogP contribution in [0.15, 0.2) is 22.8 Å². The smallest absolute Gasteiger partial charge is 0.237 e. The van der Waals surface area contributed by atoms with Crippen LogP contribution < -0.4 is 10.6 Å². The van der Waals surface area contributed by atoms with E-state index in [0.29, 0.717) is 12.6 Å². The SMILES string of the molecule is CC(NC1CCCCC1(C)C)C(=O)NCc1ccco1. The highest BCUT2D eigenvalue weighted by atomic mass is 16.3. The van der Waals surface area contributed by atoms with E-state index in [9.17, 15) is 4.79 Å². The molecule has 1 amide bonds. The lowest BCUT2D eigenvalue weighted by Gasteiger charge is -2.40. The maximum Gasteiger partial charge on any atom is 0.237 e. The van der Waals surface area contributed by atoms with E-state index in [1.165, 1.54) is 19.3 Å². The molecule has 2 atom stereocenters. The largest absolute Gasteiger partial charge is 0.467 e. The average Bonchev–Trinajstić information content (AvgIpc) is 2.91. The number of amides is 1. The van der Waals surface area contributed by atoms with Crippen LogP contribution in [0.3, 0.4) is 0 Å². The molecule has 0 bridgehead atoms. The third kappa shape index (κ3) is 3.85. The van der Waals surface area contributed by atoms with Crippen LogP contribution in [-0.2, 0) is 11.3 Å². The van der Waals surface area contributed by atoms with Gasteiger partial charge in [0.15, 0.2) is 0 Å². The minimum Gasteiger partial charge on any atom is -0.467 e. The summed E-state index contributed by atoms with van der Waals surface area (Å²) in [5.74, 6) is 0.811. The van der Waals surface area contributed by atoms with Gasteiger partial charge in [-0.1, -0.05) is 26.7 Å². The van der Waals surface area contributed by atoms with Gasteiger partial charge in [-0.25, -0.2) is 0 Å². The van der Waals surface area contributed by atoms with Crippen LogP contribution in [0.4, 0.5) is 0 Å². The monoisotopic (exact) mass is 278 g/mol. The Labute approximate surface area is 121 Å². The molecule has 112 valence electrons. The molecule has 2 rings (SSSR count). The van der Waals surface area contributed by atoms with Crippen LogP contribution in [0.5, 0.6) is 0 Å². The van der Waals surface area contributed by atoms with Crippen LogP contribution >= 0.6 is 0 Å². The fraction of sp³-hybridized carbons (Fsp3) is 0.688. The number of carbonyl (C=O) groups excluding carboxylic acids is 1. The highest BCUT2D eigenvalue weighted by Crippen LogP contribution is 2.35. The minimum atomic E-state index is -0.174. The van der Waals surface area contributed by atoms with Crippen molar-refractivity contribution in [2.45, 2.75) is 65.1 Å². The van der Waals surface area contributed by atoms with Crippen molar-refractivity contribution >= 4 is 5.91 Å². The van der Waals surface area contributed by atoms with Gasteiger partial charge in [0.1, 0.15) is 5.76 Å². The number of rotatable bonds is 5. The van der Waals surface area contributed by atoms with Crippen molar-refractivity contribution in [1.29, 1.82) is 0 Å². The number of furan rings is 1. The van der Waals surface area contributed by atoms with E-state index in [-0.39, 0.29) is 17.4 Å². The summed E-state index contributed by atoms with van der Waals surface area (Å²) >= 11 is 0. The summed E-state index contributed by atoms with van der Waals surface area (Å²) in [6.45, 7) is 6.96. The maximum atomic E-state index is 12.1. The van der Waals surface area contributed by atoms with Gasteiger partial charge < -0.3 is 15.1 Å². The summed E-state index contributed by atoms with van der Waals surface area (Å²) in [6, 6.07) is 3.93. The molecule has 1 heterocycles. The number of carbonyl (C=O) groups is 1. The minimum absolute atomic E-state index is 0.0303. The van der Waals surface area contributed by atoms with Gasteiger partial charge in [0.05, 0.1) is 18.8 Å². The number of hydrogen-bond acceptors (Lipinski definition) is 3. The molecule has 0 aliphatic heterocycles. The van der Waals surface area contributed by atoms with Crippen molar-refractivity contribution in [1.82, 2.24) is 10.6 Å². The van der Waals surface area contributed by atoms with Gasteiger partial charge in [-0.05, 0) is 37.3 Å². The van der Waals surface area contributed by atoms with Crippen molar-refractivity contribution in [2.75, 3.05) is 0 Å². The second-order valence-electron chi connectivity index (χ2n) is 6.47. The molecule has 1 aliphatic rings. The summed E-state index contributed by atoms with van der Waals surface area (Å²) in [6.07, 6.45) is 6.55. The molecule has 0 radical (unpaired) electrons. The molecule has 2 unspecified atom stereocenters. The van der Waals surface area contributed by atoms with Gasteiger partial charge in [-0.2, -0.15) is 0 Å². The van der Waals surface area contributed by atoms with Gasteiger partial charge >= 0.3 is 0 Å². The van der Waals surface area contributed by atoms with Crippen LogP contribution in [-0.4, -0.2) is 18.0 Å². The molecule has 2 N–H and O–H groups in total. The first kappa shape index (κ1) is 15.1. The molecular weight excluding hydrogens is 252 g/mol. The van der Waals surface area contributed by atoms with Crippen molar-refractivity contribution in [3.05, 3.63) is 24.2 Å². The summed E-state index contributed by atoms with van der Waals surface area (Å²) in [7, 11) is 0. The van der Waals surface area contributed by atoms with E-state index < -0.39 is 0 Å². The summed E-state index contributed by atoms with van der Waals surface area (Å²) in [4.78, 5) is 12.1. The fourth-order valence-electron chi connectivity index (χ4n) is 2.92. The standard InChI is InChI=1S/C16H26N2O2/c1-12(15(19)17-11-13-7-6-10-20-13)18-14-8-4-5-9-16(14,2)3/h6-7,10,12,14,18H,4-5,8-9,11H2,1-3H3,(H,17,19). The third-order valence-corrected chi connectivity index (χ3v) is 4.37. The zero-order valence-electron chi connectivity index (χ0n) is 12.7. The van der Waals surface area contributed by atoms with E-state index in [1.807, 2.05) is 19.1 Å². The Morgan fingerprint density at radius 1 is 1.50 bits per heavy atom. The first-order valence-corrected chi connectivity index (χ1v) is 7.55.